The van der Waals surface area contributed by atoms with Crippen LogP contribution in [0.5, 0.6) is 0 Å². The van der Waals surface area contributed by atoms with E-state index < -0.39 is 12.3 Å². The number of amides is 1. The molecule has 0 radical (unpaired) electrons. The van der Waals surface area contributed by atoms with Gasteiger partial charge in [-0.15, -0.1) is 0 Å². The Bertz CT molecular complexity index is 135. The number of alkyl carbamates (subject to hydrolysis) is 1. The summed E-state index contributed by atoms with van der Waals surface area (Å²) >= 11 is 0. The van der Waals surface area contributed by atoms with Crippen LogP contribution in [0.4, 0.5) is 4.79 Å². The third-order valence-electron chi connectivity index (χ3n) is 0.864. The molecule has 1 amide bonds. The van der Waals surface area contributed by atoms with Crippen LogP contribution in [0.2, 0.25) is 0 Å². The van der Waals surface area contributed by atoms with Crippen molar-refractivity contribution in [3.05, 3.63) is 0 Å². The van der Waals surface area contributed by atoms with Crippen molar-refractivity contribution < 1.29 is 19.1 Å². The first kappa shape index (κ1) is 5.87. The molecule has 1 heterocycles. The van der Waals surface area contributed by atoms with Crippen molar-refractivity contribution in [2.45, 2.75) is 6.23 Å². The van der Waals surface area contributed by atoms with Crippen molar-refractivity contribution in [3.63, 3.8) is 0 Å². The normalized spacial score (nSPS) is 24.4. The second kappa shape index (κ2) is 2.34. The predicted molar refractivity (Wildman–Crippen MR) is 25.4 cm³/mol. The van der Waals surface area contributed by atoms with Gasteiger partial charge in [0.25, 0.3) is 6.47 Å². The van der Waals surface area contributed by atoms with E-state index in [1.807, 2.05) is 0 Å². The first-order valence-electron chi connectivity index (χ1n) is 2.35. The Morgan fingerprint density at radius 3 is 3.11 bits per heavy atom. The van der Waals surface area contributed by atoms with Crippen molar-refractivity contribution >= 4 is 12.6 Å². The van der Waals surface area contributed by atoms with Crippen molar-refractivity contribution in [2.24, 2.45) is 0 Å². The molecular weight excluding hydrogens is 126 g/mol. The third-order valence-corrected chi connectivity index (χ3v) is 0.864. The lowest BCUT2D eigenvalue weighted by Crippen LogP contribution is -2.28. The van der Waals surface area contributed by atoms with Gasteiger partial charge in [-0.1, -0.05) is 0 Å². The highest BCUT2D eigenvalue weighted by Crippen LogP contribution is 1.96. The summed E-state index contributed by atoms with van der Waals surface area (Å²) in [4.78, 5) is 19.8. The minimum atomic E-state index is -0.602. The molecule has 1 rings (SSSR count). The molecule has 1 fully saturated rings. The third kappa shape index (κ3) is 1.31. The number of hydrogen-bond acceptors (Lipinski definition) is 4. The molecule has 50 valence electrons. The lowest BCUT2D eigenvalue weighted by Gasteiger charge is -2.00. The first-order valence-corrected chi connectivity index (χ1v) is 2.35. The van der Waals surface area contributed by atoms with E-state index >= 15 is 0 Å². The number of hydrogen-bond donors (Lipinski definition) is 1. The summed E-state index contributed by atoms with van der Waals surface area (Å²) in [5, 5.41) is 2.24. The molecule has 0 saturated carbocycles. The van der Waals surface area contributed by atoms with Crippen molar-refractivity contribution in [1.29, 1.82) is 0 Å². The molecule has 1 aliphatic heterocycles. The Hall–Kier alpha value is -1.26. The van der Waals surface area contributed by atoms with Crippen LogP contribution in [0, 0.1) is 0 Å². The summed E-state index contributed by atoms with van der Waals surface area (Å²) in [6.07, 6.45) is -1.16. The molecule has 5 nitrogen and oxygen atoms in total. The minimum absolute atomic E-state index is 0.0948. The monoisotopic (exact) mass is 131 g/mol. The Labute approximate surface area is 50.9 Å². The summed E-state index contributed by atoms with van der Waals surface area (Å²) in [6, 6.07) is 0. The largest absolute Gasteiger partial charge is 0.443 e. The van der Waals surface area contributed by atoms with Gasteiger partial charge in [-0.05, 0) is 0 Å². The number of nitrogens with one attached hydrogen (secondary N) is 1. The van der Waals surface area contributed by atoms with Gasteiger partial charge in [-0.3, -0.25) is 10.1 Å². The smallest absolute Gasteiger partial charge is 0.410 e. The topological polar surface area (TPSA) is 64.6 Å². The van der Waals surface area contributed by atoms with Gasteiger partial charge in [0.1, 0.15) is 6.61 Å². The van der Waals surface area contributed by atoms with Crippen molar-refractivity contribution in [1.82, 2.24) is 5.32 Å². The number of carbonyl (C=O) groups excluding carboxylic acids is 2. The maximum absolute atomic E-state index is 10.2. The van der Waals surface area contributed by atoms with Gasteiger partial charge >= 0.3 is 6.09 Å². The van der Waals surface area contributed by atoms with Crippen molar-refractivity contribution in [3.8, 4) is 0 Å². The van der Waals surface area contributed by atoms with E-state index in [1.54, 1.807) is 0 Å². The molecule has 5 heteroatoms. The van der Waals surface area contributed by atoms with Gasteiger partial charge in [0, 0.05) is 0 Å². The molecule has 0 bridgehead atoms. The molecule has 1 aliphatic rings. The number of ether oxygens (including phenoxy) is 2. The molecule has 0 aromatic carbocycles. The summed E-state index contributed by atoms with van der Waals surface area (Å²) in [5.74, 6) is 0. The number of rotatable bonds is 2. The quantitative estimate of drug-likeness (QED) is 0.499. The molecule has 0 aliphatic carbocycles. The van der Waals surface area contributed by atoms with E-state index in [-0.39, 0.29) is 13.1 Å². The summed E-state index contributed by atoms with van der Waals surface area (Å²) in [6.45, 7) is 0.358. The second-order valence-corrected chi connectivity index (χ2v) is 1.46. The van der Waals surface area contributed by atoms with Crippen LogP contribution in [-0.2, 0) is 14.3 Å². The fourth-order valence-electron chi connectivity index (χ4n) is 0.507. The van der Waals surface area contributed by atoms with Crippen LogP contribution < -0.4 is 5.32 Å². The lowest BCUT2D eigenvalue weighted by atomic mass is 10.6. The molecule has 9 heavy (non-hydrogen) atoms. The van der Waals surface area contributed by atoms with Crippen LogP contribution >= 0.6 is 0 Å². The zero-order chi connectivity index (χ0) is 6.69. The van der Waals surface area contributed by atoms with Crippen LogP contribution in [0.15, 0.2) is 0 Å². The van der Waals surface area contributed by atoms with E-state index in [2.05, 4.69) is 14.8 Å². The molecule has 0 aromatic heterocycles. The van der Waals surface area contributed by atoms with Gasteiger partial charge in [-0.25, -0.2) is 4.79 Å². The Morgan fingerprint density at radius 1 is 1.89 bits per heavy atom. The maximum Gasteiger partial charge on any atom is 0.410 e. The van der Waals surface area contributed by atoms with E-state index in [0.717, 1.165) is 0 Å². The van der Waals surface area contributed by atoms with Crippen LogP contribution in [0.25, 0.3) is 0 Å². The predicted octanol–water partition coefficient (Wildman–Crippen LogP) is -0.775. The van der Waals surface area contributed by atoms with Gasteiger partial charge in [0.2, 0.25) is 6.23 Å². The number of cyclic esters (lactones) is 1. The first-order chi connectivity index (χ1) is 4.33. The summed E-state index contributed by atoms with van der Waals surface area (Å²) < 4.78 is 8.72. The van der Waals surface area contributed by atoms with Gasteiger partial charge < -0.3 is 9.47 Å². The Balaban J connectivity index is 2.29. The molecule has 0 spiro atoms. The van der Waals surface area contributed by atoms with E-state index in [4.69, 9.17) is 0 Å². The fraction of sp³-hybridized carbons (Fsp3) is 0.500. The summed E-state index contributed by atoms with van der Waals surface area (Å²) in [7, 11) is 0. The van der Waals surface area contributed by atoms with E-state index in [1.165, 1.54) is 0 Å². The van der Waals surface area contributed by atoms with Gasteiger partial charge in [0.05, 0.1) is 0 Å². The van der Waals surface area contributed by atoms with Crippen LogP contribution in [-0.4, -0.2) is 25.4 Å². The molecule has 1 N–H and O–H groups in total. The number of carbonyl (C=O) groups is 2. The average molecular weight is 131 g/mol. The summed E-state index contributed by atoms with van der Waals surface area (Å²) in [5.41, 5.74) is 0. The zero-order valence-electron chi connectivity index (χ0n) is 4.49. The van der Waals surface area contributed by atoms with E-state index in [0.29, 0.717) is 0 Å². The van der Waals surface area contributed by atoms with E-state index in [9.17, 15) is 9.59 Å². The van der Waals surface area contributed by atoms with Crippen LogP contribution in [0.3, 0.4) is 0 Å². The molecule has 1 saturated heterocycles. The fourth-order valence-corrected chi connectivity index (χ4v) is 0.507. The minimum Gasteiger partial charge on any atom is -0.443 e. The van der Waals surface area contributed by atoms with Gasteiger partial charge in [-0.2, -0.15) is 0 Å². The maximum atomic E-state index is 10.2. The highest BCUT2D eigenvalue weighted by molar-refractivity contribution is 5.69. The van der Waals surface area contributed by atoms with Gasteiger partial charge in [0.15, 0.2) is 0 Å². The van der Waals surface area contributed by atoms with Crippen molar-refractivity contribution in [2.75, 3.05) is 6.61 Å². The second-order valence-electron chi connectivity index (χ2n) is 1.46. The Morgan fingerprint density at radius 2 is 2.67 bits per heavy atom. The Kier molecular flexibility index (Phi) is 1.53. The molecule has 1 unspecified atom stereocenters. The average Bonchev–Trinajstić information content (AvgIpc) is 2.17. The zero-order valence-corrected chi connectivity index (χ0v) is 4.49. The van der Waals surface area contributed by atoms with Crippen LogP contribution in [0.1, 0.15) is 0 Å². The highest BCUT2D eigenvalue weighted by atomic mass is 16.6. The standard InChI is InChI=1S/C4H5NO4/c6-2-9-3-1-8-4(7)5-3/h2-3H,1H2,(H,5,7). The highest BCUT2D eigenvalue weighted by Gasteiger charge is 2.22. The lowest BCUT2D eigenvalue weighted by molar-refractivity contribution is -0.134. The molecule has 1 atom stereocenters. The molecule has 0 aromatic rings. The SMILES string of the molecule is O=COC1COC(=O)N1. The molecular formula is C4H5NO4.